The summed E-state index contributed by atoms with van der Waals surface area (Å²) in [7, 11) is 10.2. The first-order valence-corrected chi connectivity index (χ1v) is 38.7. The number of hydrogen-bond donors (Lipinski definition) is 2. The summed E-state index contributed by atoms with van der Waals surface area (Å²) in [5.74, 6) is 6.89. The third-order valence-electron chi connectivity index (χ3n) is 26.6. The maximum atomic E-state index is 13.2. The van der Waals surface area contributed by atoms with Crippen LogP contribution in [0.5, 0.6) is 0 Å². The van der Waals surface area contributed by atoms with E-state index in [1.165, 1.54) is 160 Å². The minimum absolute atomic E-state index is 0. The third kappa shape index (κ3) is 27.2. The summed E-state index contributed by atoms with van der Waals surface area (Å²) in [6.45, 7) is 49.3. The van der Waals surface area contributed by atoms with Crippen LogP contribution in [-0.4, -0.2) is 93.1 Å². The van der Waals surface area contributed by atoms with Gasteiger partial charge >= 0.3 is 23.9 Å². The first kappa shape index (κ1) is 95.1. The van der Waals surface area contributed by atoms with Gasteiger partial charge in [-0.3, -0.25) is 28.8 Å². The van der Waals surface area contributed by atoms with Gasteiger partial charge < -0.3 is 41.9 Å². The van der Waals surface area contributed by atoms with Crippen molar-refractivity contribution >= 4 is 35.7 Å². The average molecular weight is 1590 g/mol. The number of rotatable bonds is 30. The first-order valence-electron chi connectivity index (χ1n) is 38.7. The number of amides is 2. The van der Waals surface area contributed by atoms with E-state index >= 15 is 0 Å². The van der Waals surface area contributed by atoms with Crippen LogP contribution in [0, 0.1) is 182 Å². The fourth-order valence-electron chi connectivity index (χ4n) is 17.4. The van der Waals surface area contributed by atoms with Crippen molar-refractivity contribution in [3.8, 4) is 0 Å². The topological polar surface area (TPSA) is 169 Å². The standard InChI is InChI=1S/2C29H47NO3.C16H28O4.C13H21N.CH3.W/c2*1-18-13-15-26(19(18)2)25(11-10-12-29(32)33-9)14-16-28(31)30(8)17-27-23(6)21(4)20(3)22(5)24(27)7;1-11-7-9-14(12(11)2)13(8-10-15(17)18)5-4-6-16(19)20-3;1-8-9(2)11(4)13(7-14-6)12(5)10(8)3;;/h2*18-19,25-26H,10-17H2,1-9H3;11-14H,4-10H2,1-3H3,(H,17,18);14H,7H2,1-6H3;1H3;/q;;;;-1;. The SMILES string of the molecule is CNCc1c(C)c(C)c(C)c(C)c1C.COC(=O)CCCC(CCC(=O)N(C)Cc1c(C)c(C)c(C)c(C)c1C)C1CCC(C)C1C.COC(=O)CCCC(CCC(=O)N(C)Cc1c(C)c(C)c(C)c(C)c1C)C1CCC(C)C1C.COC(=O)CCCC(CCC(=O)O)C1CCC(C)C1C.[CH3-].[W]. The molecule has 3 aliphatic carbocycles. The second-order valence-electron chi connectivity index (χ2n) is 31.8. The van der Waals surface area contributed by atoms with Gasteiger partial charge in [0.25, 0.3) is 0 Å². The normalized spacial score (nSPS) is 20.5. The van der Waals surface area contributed by atoms with E-state index in [1.807, 2.05) is 30.9 Å². The van der Waals surface area contributed by atoms with E-state index in [-0.39, 0.29) is 64.6 Å². The molecule has 0 aromatic heterocycles. The number of carbonyl (C=O) groups is 6. The van der Waals surface area contributed by atoms with Crippen molar-refractivity contribution in [2.75, 3.05) is 42.5 Å². The number of aliphatic carboxylic acids is 1. The smallest absolute Gasteiger partial charge is 0.305 e. The van der Waals surface area contributed by atoms with E-state index in [1.54, 1.807) is 0 Å². The van der Waals surface area contributed by atoms with Gasteiger partial charge in [-0.1, -0.05) is 60.8 Å². The summed E-state index contributed by atoms with van der Waals surface area (Å²) in [5, 5.41) is 12.1. The molecule has 3 aliphatic rings. The molecular formula is C88H146N3O10W-. The fraction of sp³-hybridized carbons (Fsp3) is 0.716. The second kappa shape index (κ2) is 46.3. The molecule has 0 radical (unpaired) electrons. The summed E-state index contributed by atoms with van der Waals surface area (Å²) in [5.41, 5.74) is 24.6. The van der Waals surface area contributed by atoms with Gasteiger partial charge in [-0.25, -0.2) is 0 Å². The number of carboxylic acid groups (broad SMARTS) is 1. The van der Waals surface area contributed by atoms with Crippen LogP contribution in [0.3, 0.4) is 0 Å². The van der Waals surface area contributed by atoms with Crippen molar-refractivity contribution < 1.29 is 69.1 Å². The van der Waals surface area contributed by atoms with E-state index < -0.39 is 5.97 Å². The Morgan fingerprint density at radius 1 is 0.382 bits per heavy atom. The van der Waals surface area contributed by atoms with Crippen molar-refractivity contribution in [3.05, 3.63) is 108 Å². The molecule has 6 rings (SSSR count). The maximum Gasteiger partial charge on any atom is 0.305 e. The molecule has 0 bridgehead atoms. The van der Waals surface area contributed by atoms with Crippen LogP contribution in [0.15, 0.2) is 0 Å². The Balaban J connectivity index is 0.000000708. The molecule has 14 heteroatoms. The number of nitrogens with zero attached hydrogens (tertiary/aromatic N) is 2. The molecule has 580 valence electrons. The molecule has 102 heavy (non-hydrogen) atoms. The molecule has 0 aliphatic heterocycles. The van der Waals surface area contributed by atoms with Crippen LogP contribution in [0.2, 0.25) is 0 Å². The average Bonchev–Trinajstić information content (AvgIpc) is 1.05. The third-order valence-corrected chi connectivity index (χ3v) is 26.6. The quantitative estimate of drug-likeness (QED) is 0.0370. The Labute approximate surface area is 637 Å². The molecular weight excluding hydrogens is 1440 g/mol. The predicted molar refractivity (Wildman–Crippen MR) is 419 cm³/mol. The largest absolute Gasteiger partial charge is 0.481 e. The number of esters is 3. The number of methoxy groups -OCH3 is 3. The summed E-state index contributed by atoms with van der Waals surface area (Å²) >= 11 is 0. The van der Waals surface area contributed by atoms with E-state index in [4.69, 9.17) is 14.6 Å². The van der Waals surface area contributed by atoms with Crippen molar-refractivity contribution in [2.45, 2.75) is 300 Å². The summed E-state index contributed by atoms with van der Waals surface area (Å²) in [6.07, 6.45) is 18.3. The second-order valence-corrected chi connectivity index (χ2v) is 31.8. The van der Waals surface area contributed by atoms with E-state index in [2.05, 4.69) is 155 Å². The van der Waals surface area contributed by atoms with Crippen LogP contribution in [0.25, 0.3) is 0 Å². The number of carbonyl (C=O) groups excluding carboxylic acids is 5. The van der Waals surface area contributed by atoms with Crippen molar-refractivity contribution in [2.24, 2.45) is 71.0 Å². The monoisotopic (exact) mass is 1590 g/mol. The van der Waals surface area contributed by atoms with Crippen molar-refractivity contribution in [1.29, 1.82) is 0 Å². The molecule has 12 unspecified atom stereocenters. The van der Waals surface area contributed by atoms with Gasteiger partial charge in [0.05, 0.1) is 21.3 Å². The number of ether oxygens (including phenoxy) is 3. The van der Waals surface area contributed by atoms with Gasteiger partial charge in [0.2, 0.25) is 11.8 Å². The van der Waals surface area contributed by atoms with Crippen LogP contribution < -0.4 is 5.32 Å². The van der Waals surface area contributed by atoms with Crippen LogP contribution in [0.4, 0.5) is 0 Å². The minimum atomic E-state index is -0.721. The molecule has 3 fully saturated rings. The number of nitrogens with one attached hydrogen (secondary N) is 1. The van der Waals surface area contributed by atoms with Crippen LogP contribution >= 0.6 is 0 Å². The van der Waals surface area contributed by atoms with Gasteiger partial charge in [0, 0.05) is 93.3 Å². The fourth-order valence-corrected chi connectivity index (χ4v) is 17.4. The van der Waals surface area contributed by atoms with E-state index in [0.29, 0.717) is 98.5 Å². The van der Waals surface area contributed by atoms with Crippen LogP contribution in [-0.2, 0) is 83.7 Å². The zero-order chi connectivity index (χ0) is 75.7. The molecule has 3 aromatic rings. The number of benzene rings is 3. The predicted octanol–water partition coefficient (Wildman–Crippen LogP) is 20.1. The number of hydrogen-bond acceptors (Lipinski definition) is 10. The molecule has 0 heterocycles. The van der Waals surface area contributed by atoms with Gasteiger partial charge in [-0.15, -0.1) is 0 Å². The summed E-state index contributed by atoms with van der Waals surface area (Å²) in [4.78, 5) is 75.3. The maximum absolute atomic E-state index is 13.2. The molecule has 3 aromatic carbocycles. The molecule has 2 amide bonds. The summed E-state index contributed by atoms with van der Waals surface area (Å²) in [6, 6.07) is 0. The number of carboxylic acids is 1. The zero-order valence-corrected chi connectivity index (χ0v) is 72.8. The van der Waals surface area contributed by atoms with Gasteiger partial charge in [0.1, 0.15) is 0 Å². The van der Waals surface area contributed by atoms with Gasteiger partial charge in [0.15, 0.2) is 0 Å². The van der Waals surface area contributed by atoms with Crippen LogP contribution in [0.1, 0.15) is 277 Å². The Morgan fingerprint density at radius 2 is 0.618 bits per heavy atom. The Morgan fingerprint density at radius 3 is 0.833 bits per heavy atom. The van der Waals surface area contributed by atoms with Gasteiger partial charge in [-0.05, 0) is 359 Å². The molecule has 0 saturated heterocycles. The zero-order valence-electron chi connectivity index (χ0n) is 69.8. The first-order chi connectivity index (χ1) is 46.9. The van der Waals surface area contributed by atoms with Gasteiger partial charge in [-0.2, -0.15) is 0 Å². The molecule has 3 saturated carbocycles. The Hall–Kier alpha value is -4.87. The Kier molecular flexibility index (Phi) is 43.1. The van der Waals surface area contributed by atoms with E-state index in [9.17, 15) is 28.8 Å². The van der Waals surface area contributed by atoms with Crippen molar-refractivity contribution in [1.82, 2.24) is 15.1 Å². The Bertz CT molecular complexity index is 2940. The summed E-state index contributed by atoms with van der Waals surface area (Å²) < 4.78 is 14.3. The molecule has 0 spiro atoms. The van der Waals surface area contributed by atoms with E-state index in [0.717, 1.165) is 82.1 Å². The molecule has 13 nitrogen and oxygen atoms in total. The minimum Gasteiger partial charge on any atom is -0.481 e. The van der Waals surface area contributed by atoms with Crippen molar-refractivity contribution in [3.63, 3.8) is 0 Å². The molecule has 2 N–H and O–H groups in total. The molecule has 12 atom stereocenters.